The third-order valence-electron chi connectivity index (χ3n) is 5.57. The maximum Gasteiger partial charge on any atom is 0.159 e. The molecule has 1 aromatic rings. The van der Waals surface area contributed by atoms with Crippen LogP contribution in [0, 0.1) is 11.8 Å². The molecule has 0 N–H and O–H groups in total. The van der Waals surface area contributed by atoms with Crippen LogP contribution in [-0.2, 0) is 11.2 Å². The molecule has 1 saturated heterocycles. The monoisotopic (exact) mass is 389 g/mol. The Morgan fingerprint density at radius 2 is 1.66 bits per heavy atom. The van der Waals surface area contributed by atoms with Crippen molar-refractivity contribution in [1.82, 2.24) is 4.90 Å². The van der Waals surface area contributed by atoms with Gasteiger partial charge in [-0.1, -0.05) is 13.8 Å². The summed E-state index contributed by atoms with van der Waals surface area (Å²) < 4.78 is 12.6. The van der Waals surface area contributed by atoms with Gasteiger partial charge in [0.15, 0.2) is 11.5 Å². The van der Waals surface area contributed by atoms with E-state index in [-0.39, 0.29) is 22.6 Å². The lowest BCUT2D eigenvalue weighted by Crippen LogP contribution is -2.46. The topological polar surface area (TPSA) is 38.8 Å². The zero-order valence-corrected chi connectivity index (χ0v) is 19.6. The Kier molecular flexibility index (Phi) is 6.34. The fourth-order valence-electron chi connectivity index (χ4n) is 4.56. The number of nitrogens with zero attached hydrogens (tertiary/aromatic N) is 1. The highest BCUT2D eigenvalue weighted by atomic mass is 16.5. The average Bonchev–Trinajstić information content (AvgIpc) is 2.53. The number of carbonyl (C=O) groups is 1. The summed E-state index contributed by atoms with van der Waals surface area (Å²) in [5, 5.41) is -0.612. The third kappa shape index (κ3) is 5.71. The fraction of sp³-hybridized carbons (Fsp3) is 0.632. The van der Waals surface area contributed by atoms with Crippen LogP contribution in [-0.4, -0.2) is 81.4 Å². The number of benzene rings is 1. The van der Waals surface area contributed by atoms with Crippen LogP contribution in [0.25, 0.3) is 0 Å². The smallest absolute Gasteiger partial charge is 0.159 e. The van der Waals surface area contributed by atoms with Crippen LogP contribution in [0.1, 0.15) is 43.9 Å². The molecule has 3 rings (SSSR count). The number of rotatable bonds is 6. The number of piperidine rings is 1. The molecule has 29 heavy (non-hydrogen) atoms. The van der Waals surface area contributed by atoms with Gasteiger partial charge in [0.25, 0.3) is 0 Å². The van der Waals surface area contributed by atoms with Crippen LogP contribution >= 0.6 is 0 Å². The van der Waals surface area contributed by atoms with Gasteiger partial charge in [-0.3, -0.25) is 9.69 Å². The van der Waals surface area contributed by atoms with Gasteiger partial charge in [-0.2, -0.15) is 0 Å². The minimum absolute atomic E-state index is 0.167. The summed E-state index contributed by atoms with van der Waals surface area (Å²) in [6.07, 6.45) is 2.59. The number of Topliss-reactive ketones (excluding diaryl/α,β-unsaturated/α-hetero) is 1. The van der Waals surface area contributed by atoms with Crippen molar-refractivity contribution in [2.45, 2.75) is 49.7 Å². The van der Waals surface area contributed by atoms with E-state index >= 15 is 0 Å². The lowest BCUT2D eigenvalue weighted by atomic mass is 9.52. The lowest BCUT2D eigenvalue weighted by molar-refractivity contribution is -0.129. The molecule has 0 spiro atoms. The summed E-state index contributed by atoms with van der Waals surface area (Å²) in [5.74, 6) is 2.74. The fourth-order valence-corrected chi connectivity index (χ4v) is 4.56. The molecular weight excluding hydrogens is 355 g/mol. The Labute approximate surface area is 181 Å². The van der Waals surface area contributed by atoms with Gasteiger partial charge in [0.05, 0.1) is 0 Å². The Bertz CT molecular complexity index is 774. The summed E-state index contributed by atoms with van der Waals surface area (Å²) in [4.78, 5) is 15.4. The molecule has 0 aromatic heterocycles. The highest BCUT2D eigenvalue weighted by molar-refractivity contribution is 6.59. The van der Waals surface area contributed by atoms with Crippen molar-refractivity contribution in [3.63, 3.8) is 0 Å². The Morgan fingerprint density at radius 1 is 1.07 bits per heavy atom. The molecule has 2 aliphatic heterocycles. The van der Waals surface area contributed by atoms with E-state index in [9.17, 15) is 4.79 Å². The largest absolute Gasteiger partial charge is 0.510 e. The van der Waals surface area contributed by atoms with Crippen LogP contribution in [0.4, 0.5) is 0 Å². The van der Waals surface area contributed by atoms with Gasteiger partial charge >= 0.3 is 0 Å². The van der Waals surface area contributed by atoms with Crippen molar-refractivity contribution < 1.29 is 14.3 Å². The van der Waals surface area contributed by atoms with Gasteiger partial charge in [-0.05, 0) is 42.0 Å². The van der Waals surface area contributed by atoms with Crippen LogP contribution in [0.3, 0.4) is 0 Å². The second-order valence-corrected chi connectivity index (χ2v) is 11.2. The lowest BCUT2D eigenvalue weighted by Gasteiger charge is -2.43. The summed E-state index contributed by atoms with van der Waals surface area (Å²) in [5.41, 5.74) is 2.54. The van der Waals surface area contributed by atoms with E-state index < -0.39 is 0 Å². The molecular formula is C19H33B6NO3. The molecule has 0 aliphatic carbocycles. The van der Waals surface area contributed by atoms with Crippen LogP contribution in [0.2, 0.25) is 0 Å². The molecule has 0 unspecified atom stereocenters. The Balaban J connectivity index is 1.95. The first-order valence-electron chi connectivity index (χ1n) is 11.1. The SMILES string of the molecule is BC(B)(B)Oc1cc2c(cc1OC(B)(B)B)[C@@H]1CC(=O)[C@@H](CC(C)C)CN1CC2. The van der Waals surface area contributed by atoms with Gasteiger partial charge < -0.3 is 9.47 Å². The van der Waals surface area contributed by atoms with Gasteiger partial charge in [-0.15, -0.1) is 0 Å². The summed E-state index contributed by atoms with van der Waals surface area (Å²) in [6, 6.07) is 4.47. The quantitative estimate of drug-likeness (QED) is 0.487. The van der Waals surface area contributed by atoms with Crippen molar-refractivity contribution in [2.24, 2.45) is 11.8 Å². The number of hydrogen-bond acceptors (Lipinski definition) is 4. The Hall–Kier alpha value is -1.16. The number of fused-ring (bicyclic) bond motifs is 3. The molecule has 2 heterocycles. The van der Waals surface area contributed by atoms with Crippen LogP contribution in [0.5, 0.6) is 11.5 Å². The van der Waals surface area contributed by atoms with E-state index in [4.69, 9.17) is 9.47 Å². The van der Waals surface area contributed by atoms with Gasteiger partial charge in [0.1, 0.15) is 52.9 Å². The Morgan fingerprint density at radius 3 is 2.21 bits per heavy atom. The number of ketones is 1. The molecule has 4 nitrogen and oxygen atoms in total. The first kappa shape index (κ1) is 22.5. The van der Waals surface area contributed by atoms with E-state index in [1.54, 1.807) is 0 Å². The predicted molar refractivity (Wildman–Crippen MR) is 135 cm³/mol. The molecule has 0 bridgehead atoms. The van der Waals surface area contributed by atoms with Crippen LogP contribution in [0.15, 0.2) is 12.1 Å². The summed E-state index contributed by atoms with van der Waals surface area (Å²) in [6.45, 7) is 6.31. The standard InChI is InChI=1S/C19H33B6NO3/c1-10(2)5-12-9-26-4-3-11-6-16(28-18(20,21)22)17(29-19(23,24)25)7-13(11)14(26)8-15(12)27/h6-7,10,12,14H,3-5,8-9,20-25H2,1-2H3/t12-,14-/m0/s1. The molecule has 10 heteroatoms. The maximum atomic E-state index is 12.9. The van der Waals surface area contributed by atoms with E-state index in [0.29, 0.717) is 18.1 Å². The molecule has 150 valence electrons. The number of ether oxygens (including phenoxy) is 2. The van der Waals surface area contributed by atoms with E-state index in [1.807, 2.05) is 0 Å². The first-order valence-corrected chi connectivity index (χ1v) is 11.1. The number of carbonyl (C=O) groups excluding carboxylic acids is 1. The van der Waals surface area contributed by atoms with E-state index in [1.165, 1.54) is 11.1 Å². The zero-order chi connectivity index (χ0) is 21.6. The second kappa shape index (κ2) is 8.17. The highest BCUT2D eigenvalue weighted by Crippen LogP contribution is 2.43. The van der Waals surface area contributed by atoms with Crippen molar-refractivity contribution in [3.8, 4) is 11.5 Å². The molecule has 1 aromatic carbocycles. The minimum atomic E-state index is -0.316. The van der Waals surface area contributed by atoms with Gasteiger partial charge in [-0.25, -0.2) is 0 Å². The van der Waals surface area contributed by atoms with Crippen molar-refractivity contribution in [3.05, 3.63) is 23.3 Å². The first-order chi connectivity index (χ1) is 13.3. The van der Waals surface area contributed by atoms with Crippen LogP contribution < -0.4 is 9.47 Å². The normalized spacial score (nSPS) is 22.8. The second-order valence-electron chi connectivity index (χ2n) is 11.2. The molecule has 0 saturated carbocycles. The van der Waals surface area contributed by atoms with Crippen molar-refractivity contribution in [2.75, 3.05) is 13.1 Å². The molecule has 0 amide bonds. The molecule has 2 aliphatic rings. The van der Waals surface area contributed by atoms with E-state index in [0.717, 1.165) is 37.4 Å². The predicted octanol–water partition coefficient (Wildman–Crippen LogP) is -3.00. The highest BCUT2D eigenvalue weighted by Gasteiger charge is 2.39. The third-order valence-corrected chi connectivity index (χ3v) is 5.57. The van der Waals surface area contributed by atoms with Crippen molar-refractivity contribution >= 4 is 52.9 Å². The molecule has 1 fully saturated rings. The number of hydrogen-bond donors (Lipinski definition) is 0. The van der Waals surface area contributed by atoms with E-state index in [2.05, 4.69) is 78.0 Å². The van der Waals surface area contributed by atoms with Crippen molar-refractivity contribution in [1.29, 1.82) is 0 Å². The minimum Gasteiger partial charge on any atom is -0.510 e. The zero-order valence-electron chi connectivity index (χ0n) is 19.6. The molecule has 0 radical (unpaired) electrons. The molecule has 2 atom stereocenters. The van der Waals surface area contributed by atoms with Gasteiger partial charge in [0, 0.05) is 42.1 Å². The van der Waals surface area contributed by atoms with Gasteiger partial charge in [0.2, 0.25) is 0 Å². The average molecular weight is 388 g/mol. The summed E-state index contributed by atoms with van der Waals surface area (Å²) in [7, 11) is 12.3. The summed E-state index contributed by atoms with van der Waals surface area (Å²) >= 11 is 0. The maximum absolute atomic E-state index is 12.9.